The average Bonchev–Trinajstić information content (AvgIpc) is 2.17. The Morgan fingerprint density at radius 2 is 2.07 bits per heavy atom. The molecule has 0 radical (unpaired) electrons. The maximum atomic E-state index is 12.4. The van der Waals surface area contributed by atoms with Gasteiger partial charge in [0.15, 0.2) is 0 Å². The van der Waals surface area contributed by atoms with Gasteiger partial charge in [0, 0.05) is 0 Å². The van der Waals surface area contributed by atoms with E-state index in [9.17, 15) is 13.2 Å². The molecule has 0 aromatic heterocycles. The largest absolute Gasteiger partial charge is 0.416 e. The van der Waals surface area contributed by atoms with Crippen LogP contribution in [0.15, 0.2) is 23.8 Å². The zero-order chi connectivity index (χ0) is 11.3. The number of allylic oxidation sites excluding steroid dienone is 4. The molecule has 0 spiro atoms. The van der Waals surface area contributed by atoms with Crippen molar-refractivity contribution in [3.8, 4) is 0 Å². The van der Waals surface area contributed by atoms with Gasteiger partial charge >= 0.3 is 6.18 Å². The van der Waals surface area contributed by atoms with E-state index in [0.717, 1.165) is 32.1 Å². The van der Waals surface area contributed by atoms with E-state index in [0.29, 0.717) is 0 Å². The van der Waals surface area contributed by atoms with Crippen LogP contribution >= 0.6 is 0 Å². The first-order chi connectivity index (χ1) is 7.04. The summed E-state index contributed by atoms with van der Waals surface area (Å²) in [4.78, 5) is 0. The second-order valence-electron chi connectivity index (χ2n) is 4.01. The van der Waals surface area contributed by atoms with Crippen LogP contribution in [0, 0.1) is 5.92 Å². The molecule has 3 heteroatoms. The Hall–Kier alpha value is -0.730. The fraction of sp³-hybridized carbons (Fsp3) is 0.667. The van der Waals surface area contributed by atoms with Crippen molar-refractivity contribution in [2.75, 3.05) is 0 Å². The molecule has 0 bridgehead atoms. The molecule has 0 amide bonds. The second kappa shape index (κ2) is 5.38. The van der Waals surface area contributed by atoms with Gasteiger partial charge in [0.1, 0.15) is 0 Å². The van der Waals surface area contributed by atoms with Crippen LogP contribution in [-0.4, -0.2) is 6.18 Å². The Morgan fingerprint density at radius 1 is 1.33 bits per heavy atom. The molecule has 1 unspecified atom stereocenters. The predicted octanol–water partition coefficient (Wildman–Crippen LogP) is 4.63. The van der Waals surface area contributed by atoms with Crippen LogP contribution in [0.2, 0.25) is 0 Å². The highest BCUT2D eigenvalue weighted by Crippen LogP contribution is 2.32. The van der Waals surface area contributed by atoms with Crippen molar-refractivity contribution in [2.45, 2.75) is 45.2 Å². The molecular weight excluding hydrogens is 201 g/mol. The molecule has 1 aliphatic carbocycles. The Bertz CT molecular complexity index is 248. The van der Waals surface area contributed by atoms with E-state index >= 15 is 0 Å². The van der Waals surface area contributed by atoms with Crippen molar-refractivity contribution in [1.82, 2.24) is 0 Å². The van der Waals surface area contributed by atoms with Crippen molar-refractivity contribution >= 4 is 0 Å². The summed E-state index contributed by atoms with van der Waals surface area (Å²) < 4.78 is 37.2. The lowest BCUT2D eigenvalue weighted by atomic mass is 9.91. The molecule has 86 valence electrons. The van der Waals surface area contributed by atoms with Gasteiger partial charge in [0.05, 0.1) is 5.57 Å². The van der Waals surface area contributed by atoms with Gasteiger partial charge in [-0.15, -0.1) is 0 Å². The van der Waals surface area contributed by atoms with E-state index in [4.69, 9.17) is 0 Å². The zero-order valence-corrected chi connectivity index (χ0v) is 8.98. The molecule has 1 atom stereocenters. The van der Waals surface area contributed by atoms with Crippen molar-refractivity contribution in [3.05, 3.63) is 23.8 Å². The van der Waals surface area contributed by atoms with Crippen molar-refractivity contribution < 1.29 is 13.2 Å². The lowest BCUT2D eigenvalue weighted by Crippen LogP contribution is -2.14. The van der Waals surface area contributed by atoms with Crippen molar-refractivity contribution in [2.24, 2.45) is 5.92 Å². The van der Waals surface area contributed by atoms with Gasteiger partial charge in [-0.25, -0.2) is 0 Å². The third-order valence-electron chi connectivity index (χ3n) is 2.66. The highest BCUT2D eigenvalue weighted by atomic mass is 19.4. The SMILES string of the molecule is CCCCCC1C=C(C(F)(F)F)C=CC1. The number of rotatable bonds is 4. The van der Waals surface area contributed by atoms with Gasteiger partial charge < -0.3 is 0 Å². The Kier molecular flexibility index (Phi) is 4.43. The summed E-state index contributed by atoms with van der Waals surface area (Å²) in [5.74, 6) is 0.0816. The first kappa shape index (κ1) is 12.3. The molecule has 0 fully saturated rings. The lowest BCUT2D eigenvalue weighted by Gasteiger charge is -2.18. The van der Waals surface area contributed by atoms with Crippen LogP contribution in [0.5, 0.6) is 0 Å². The van der Waals surface area contributed by atoms with E-state index < -0.39 is 11.7 Å². The lowest BCUT2D eigenvalue weighted by molar-refractivity contribution is -0.0889. The minimum Gasteiger partial charge on any atom is -0.166 e. The van der Waals surface area contributed by atoms with Crippen LogP contribution in [0.4, 0.5) is 13.2 Å². The third kappa shape index (κ3) is 4.10. The third-order valence-corrected chi connectivity index (χ3v) is 2.66. The molecule has 1 aliphatic rings. The van der Waals surface area contributed by atoms with Crippen LogP contribution in [-0.2, 0) is 0 Å². The highest BCUT2D eigenvalue weighted by Gasteiger charge is 2.33. The summed E-state index contributed by atoms with van der Waals surface area (Å²) in [5, 5.41) is 0. The standard InChI is InChI=1S/C12H17F3/c1-2-3-4-6-10-7-5-8-11(9-10)12(13,14)15/h5,8-10H,2-4,6-7H2,1H3. The van der Waals surface area contributed by atoms with Gasteiger partial charge in [-0.1, -0.05) is 44.4 Å². The first-order valence-electron chi connectivity index (χ1n) is 5.49. The Balaban J connectivity index is 2.49. The summed E-state index contributed by atoms with van der Waals surface area (Å²) in [6.45, 7) is 2.09. The number of halogens is 3. The maximum absolute atomic E-state index is 12.4. The molecule has 0 heterocycles. The fourth-order valence-corrected chi connectivity index (χ4v) is 1.79. The minimum atomic E-state index is -4.18. The maximum Gasteiger partial charge on any atom is 0.416 e. The van der Waals surface area contributed by atoms with E-state index in [1.165, 1.54) is 12.2 Å². The van der Waals surface area contributed by atoms with Crippen molar-refractivity contribution in [1.29, 1.82) is 0 Å². The van der Waals surface area contributed by atoms with Gasteiger partial charge in [-0.05, 0) is 18.8 Å². The van der Waals surface area contributed by atoms with Gasteiger partial charge in [-0.3, -0.25) is 0 Å². The summed E-state index contributed by atoms with van der Waals surface area (Å²) in [5.41, 5.74) is -0.477. The Labute approximate surface area is 88.9 Å². The molecule has 0 aliphatic heterocycles. The van der Waals surface area contributed by atoms with E-state index in [1.54, 1.807) is 6.08 Å². The number of alkyl halides is 3. The Morgan fingerprint density at radius 3 is 2.67 bits per heavy atom. The van der Waals surface area contributed by atoms with Gasteiger partial charge in [0.2, 0.25) is 0 Å². The summed E-state index contributed by atoms with van der Waals surface area (Å²) in [6, 6.07) is 0. The average molecular weight is 218 g/mol. The van der Waals surface area contributed by atoms with E-state index in [-0.39, 0.29) is 5.92 Å². The topological polar surface area (TPSA) is 0 Å². The van der Waals surface area contributed by atoms with Crippen LogP contribution in [0.25, 0.3) is 0 Å². The summed E-state index contributed by atoms with van der Waals surface area (Å²) in [6.07, 6.45) is 4.90. The summed E-state index contributed by atoms with van der Waals surface area (Å²) >= 11 is 0. The fourth-order valence-electron chi connectivity index (χ4n) is 1.79. The number of unbranched alkanes of at least 4 members (excludes halogenated alkanes) is 2. The zero-order valence-electron chi connectivity index (χ0n) is 8.98. The normalized spacial score (nSPS) is 21.6. The monoisotopic (exact) mass is 218 g/mol. The molecule has 0 nitrogen and oxygen atoms in total. The minimum absolute atomic E-state index is 0.0816. The van der Waals surface area contributed by atoms with Crippen LogP contribution in [0.3, 0.4) is 0 Å². The molecule has 0 aromatic carbocycles. The van der Waals surface area contributed by atoms with E-state index in [1.807, 2.05) is 0 Å². The molecule has 0 saturated heterocycles. The number of hydrogen-bond acceptors (Lipinski definition) is 0. The first-order valence-corrected chi connectivity index (χ1v) is 5.49. The van der Waals surface area contributed by atoms with Crippen LogP contribution in [0.1, 0.15) is 39.0 Å². The molecule has 0 N–H and O–H groups in total. The molecule has 15 heavy (non-hydrogen) atoms. The highest BCUT2D eigenvalue weighted by molar-refractivity contribution is 5.28. The number of hydrogen-bond donors (Lipinski definition) is 0. The van der Waals surface area contributed by atoms with E-state index in [2.05, 4.69) is 6.92 Å². The van der Waals surface area contributed by atoms with Gasteiger partial charge in [0.25, 0.3) is 0 Å². The molecular formula is C12H17F3. The summed E-state index contributed by atoms with van der Waals surface area (Å²) in [7, 11) is 0. The van der Waals surface area contributed by atoms with Crippen molar-refractivity contribution in [3.63, 3.8) is 0 Å². The smallest absolute Gasteiger partial charge is 0.166 e. The predicted molar refractivity (Wildman–Crippen MR) is 55.5 cm³/mol. The second-order valence-corrected chi connectivity index (χ2v) is 4.01. The molecule has 0 aromatic rings. The molecule has 0 saturated carbocycles. The van der Waals surface area contributed by atoms with Gasteiger partial charge in [-0.2, -0.15) is 13.2 Å². The molecule has 1 rings (SSSR count). The quantitative estimate of drug-likeness (QED) is 0.603. The van der Waals surface area contributed by atoms with Crippen LogP contribution < -0.4 is 0 Å².